The minimum Gasteiger partial charge on any atom is -0.457 e. The molecule has 0 bridgehead atoms. The van der Waals surface area contributed by atoms with Gasteiger partial charge in [-0.25, -0.2) is 0 Å². The Bertz CT molecular complexity index is 300. The van der Waals surface area contributed by atoms with Gasteiger partial charge in [-0.3, -0.25) is 4.79 Å². The van der Waals surface area contributed by atoms with Gasteiger partial charge in [-0.1, -0.05) is 96.8 Å². The fourth-order valence-electron chi connectivity index (χ4n) is 3.08. The van der Waals surface area contributed by atoms with Crippen LogP contribution in [0.3, 0.4) is 0 Å². The number of aliphatic hydroxyl groups excluding tert-OH is 1. The Balaban J connectivity index is 3.22. The summed E-state index contributed by atoms with van der Waals surface area (Å²) < 4.78 is 16.6. The third-order valence-electron chi connectivity index (χ3n) is 4.74. The van der Waals surface area contributed by atoms with Gasteiger partial charge in [0, 0.05) is 6.42 Å². The Kier molecular flexibility index (Phi) is 20.1. The summed E-state index contributed by atoms with van der Waals surface area (Å²) in [4.78, 5) is 14.9. The summed E-state index contributed by atoms with van der Waals surface area (Å²) in [5, 5.41) is 8.89. The zero-order valence-corrected chi connectivity index (χ0v) is 16.9. The lowest BCUT2D eigenvalue weighted by Crippen LogP contribution is -2.25. The number of carbonyl (C=O) groups excluding carboxylic acids is 1. The van der Waals surface area contributed by atoms with E-state index in [0.29, 0.717) is 6.42 Å². The molecule has 0 aliphatic rings. The summed E-state index contributed by atoms with van der Waals surface area (Å²) in [7, 11) is 0. The van der Waals surface area contributed by atoms with Gasteiger partial charge in [0.05, 0.1) is 6.61 Å². The Morgan fingerprint density at radius 2 is 1.23 bits per heavy atom. The maximum atomic E-state index is 11.7. The Morgan fingerprint density at radius 3 is 1.62 bits per heavy atom. The van der Waals surface area contributed by atoms with Gasteiger partial charge in [0.2, 0.25) is 0 Å². The van der Waals surface area contributed by atoms with Gasteiger partial charge in [0.15, 0.2) is 6.10 Å². The van der Waals surface area contributed by atoms with Crippen LogP contribution in [0.4, 0.5) is 4.53 Å². The van der Waals surface area contributed by atoms with Crippen LogP contribution in [-0.2, 0) is 14.5 Å². The first kappa shape index (κ1) is 25.3. The fraction of sp³-hybridized carbons (Fsp3) is 0.952. The van der Waals surface area contributed by atoms with Crippen molar-refractivity contribution in [2.24, 2.45) is 0 Å². The Labute approximate surface area is 159 Å². The molecule has 5 heteroatoms. The first-order valence-electron chi connectivity index (χ1n) is 10.8. The number of aliphatic hydroxyl groups is 1. The molecule has 0 rings (SSSR count). The van der Waals surface area contributed by atoms with Gasteiger partial charge >= 0.3 is 5.97 Å². The summed E-state index contributed by atoms with van der Waals surface area (Å²) >= 11 is 0. The van der Waals surface area contributed by atoms with Gasteiger partial charge in [-0.15, -0.1) is 0 Å². The standard InChI is InChI=1S/C21H41FO4/c1-2-3-4-5-6-7-8-9-10-11-12-13-14-15-16-17-21(24)26-20(18-23)19-25-22/h20,23H,2-19H2,1H3. The maximum absolute atomic E-state index is 11.7. The molecule has 0 aliphatic heterocycles. The van der Waals surface area contributed by atoms with Gasteiger partial charge < -0.3 is 9.84 Å². The molecule has 0 spiro atoms. The smallest absolute Gasteiger partial charge is 0.306 e. The Hall–Kier alpha value is -0.680. The van der Waals surface area contributed by atoms with Crippen LogP contribution in [0.5, 0.6) is 0 Å². The van der Waals surface area contributed by atoms with E-state index in [-0.39, 0.29) is 0 Å². The van der Waals surface area contributed by atoms with Crippen LogP contribution in [0.25, 0.3) is 0 Å². The van der Waals surface area contributed by atoms with E-state index in [9.17, 15) is 9.32 Å². The van der Waals surface area contributed by atoms with Crippen molar-refractivity contribution >= 4 is 5.97 Å². The van der Waals surface area contributed by atoms with E-state index in [1.165, 1.54) is 77.0 Å². The van der Waals surface area contributed by atoms with Crippen molar-refractivity contribution in [2.45, 2.75) is 116 Å². The second kappa shape index (κ2) is 20.6. The van der Waals surface area contributed by atoms with Crippen molar-refractivity contribution in [3.63, 3.8) is 0 Å². The second-order valence-corrected chi connectivity index (χ2v) is 7.27. The molecule has 0 aromatic rings. The third kappa shape index (κ3) is 18.1. The average Bonchev–Trinajstić information content (AvgIpc) is 2.64. The molecule has 0 saturated carbocycles. The van der Waals surface area contributed by atoms with Crippen molar-refractivity contribution in [2.75, 3.05) is 13.2 Å². The van der Waals surface area contributed by atoms with E-state index in [4.69, 9.17) is 9.84 Å². The highest BCUT2D eigenvalue weighted by Crippen LogP contribution is 2.14. The van der Waals surface area contributed by atoms with E-state index in [0.717, 1.165) is 19.3 Å². The van der Waals surface area contributed by atoms with Crippen molar-refractivity contribution in [3.8, 4) is 0 Å². The molecule has 0 aromatic heterocycles. The van der Waals surface area contributed by atoms with Crippen LogP contribution in [0.1, 0.15) is 110 Å². The number of rotatable bonds is 20. The third-order valence-corrected chi connectivity index (χ3v) is 4.74. The van der Waals surface area contributed by atoms with Crippen LogP contribution in [-0.4, -0.2) is 30.4 Å². The lowest BCUT2D eigenvalue weighted by Gasteiger charge is -2.12. The quantitative estimate of drug-likeness (QED) is 0.207. The number of carbonyl (C=O) groups is 1. The minimum atomic E-state index is -0.899. The van der Waals surface area contributed by atoms with Gasteiger partial charge in [-0.05, 0) is 10.9 Å². The SMILES string of the molecule is CCCCCCCCCCCCCCCCCC(=O)OC(CO)COF. The number of halogens is 1. The van der Waals surface area contributed by atoms with Crippen LogP contribution in [0.15, 0.2) is 0 Å². The first-order chi connectivity index (χ1) is 12.7. The minimum absolute atomic E-state index is 0.320. The zero-order chi connectivity index (χ0) is 19.3. The summed E-state index contributed by atoms with van der Waals surface area (Å²) in [6, 6.07) is 0. The molecule has 1 atom stereocenters. The second-order valence-electron chi connectivity index (χ2n) is 7.27. The maximum Gasteiger partial charge on any atom is 0.306 e. The Morgan fingerprint density at radius 1 is 0.808 bits per heavy atom. The van der Waals surface area contributed by atoms with E-state index in [1.54, 1.807) is 0 Å². The van der Waals surface area contributed by atoms with Gasteiger partial charge in [-0.2, -0.15) is 4.94 Å². The van der Waals surface area contributed by atoms with Crippen molar-refractivity contribution in [1.82, 2.24) is 0 Å². The van der Waals surface area contributed by atoms with Crippen LogP contribution in [0, 0.1) is 0 Å². The predicted octanol–water partition coefficient (Wildman–Crippen LogP) is 6.05. The summed E-state index contributed by atoms with van der Waals surface area (Å²) in [6.07, 6.45) is 18.6. The highest BCUT2D eigenvalue weighted by molar-refractivity contribution is 5.69. The molecular formula is C21H41FO4. The normalized spacial score (nSPS) is 12.3. The van der Waals surface area contributed by atoms with Crippen LogP contribution in [0.2, 0.25) is 0 Å². The number of hydrogen-bond acceptors (Lipinski definition) is 4. The summed E-state index contributed by atoms with van der Waals surface area (Å²) in [6.45, 7) is 1.42. The lowest BCUT2D eigenvalue weighted by molar-refractivity contribution is -0.182. The lowest BCUT2D eigenvalue weighted by atomic mass is 10.0. The molecule has 1 N–H and O–H groups in total. The van der Waals surface area contributed by atoms with Gasteiger partial charge in [0.25, 0.3) is 0 Å². The highest BCUT2D eigenvalue weighted by Gasteiger charge is 2.13. The van der Waals surface area contributed by atoms with Crippen molar-refractivity contribution < 1.29 is 24.1 Å². The molecule has 0 saturated heterocycles. The highest BCUT2D eigenvalue weighted by atomic mass is 19.3. The van der Waals surface area contributed by atoms with Crippen molar-refractivity contribution in [1.29, 1.82) is 0 Å². The van der Waals surface area contributed by atoms with E-state index in [1.807, 2.05) is 0 Å². The zero-order valence-electron chi connectivity index (χ0n) is 16.9. The molecule has 1 unspecified atom stereocenters. The topological polar surface area (TPSA) is 55.8 Å². The van der Waals surface area contributed by atoms with Gasteiger partial charge in [0.1, 0.15) is 6.61 Å². The molecule has 156 valence electrons. The first-order valence-corrected chi connectivity index (χ1v) is 10.8. The molecule has 0 fully saturated rings. The fourth-order valence-corrected chi connectivity index (χ4v) is 3.08. The van der Waals surface area contributed by atoms with E-state index >= 15 is 0 Å². The molecule has 26 heavy (non-hydrogen) atoms. The monoisotopic (exact) mass is 376 g/mol. The molecule has 0 aromatic carbocycles. The predicted molar refractivity (Wildman–Crippen MR) is 104 cm³/mol. The van der Waals surface area contributed by atoms with Crippen LogP contribution >= 0.6 is 0 Å². The largest absolute Gasteiger partial charge is 0.457 e. The number of hydrogen-bond donors (Lipinski definition) is 1. The molecular weight excluding hydrogens is 335 g/mol. The molecule has 0 heterocycles. The number of unbranched alkanes of at least 4 members (excludes halogenated alkanes) is 14. The van der Waals surface area contributed by atoms with E-state index < -0.39 is 25.3 Å². The van der Waals surface area contributed by atoms with E-state index in [2.05, 4.69) is 11.9 Å². The summed E-state index contributed by atoms with van der Waals surface area (Å²) in [5.41, 5.74) is 0. The van der Waals surface area contributed by atoms with Crippen molar-refractivity contribution in [3.05, 3.63) is 0 Å². The average molecular weight is 377 g/mol. The number of ether oxygens (including phenoxy) is 1. The van der Waals surface area contributed by atoms with Crippen LogP contribution < -0.4 is 0 Å². The summed E-state index contributed by atoms with van der Waals surface area (Å²) in [5.74, 6) is -0.393. The molecule has 0 amide bonds. The molecule has 0 radical (unpaired) electrons. The molecule has 4 nitrogen and oxygen atoms in total. The number of esters is 1. The molecule has 0 aliphatic carbocycles.